The number of H-pyrrole nitrogens is 1. The van der Waals surface area contributed by atoms with E-state index in [1.54, 1.807) is 0 Å². The second kappa shape index (κ2) is 3.65. The van der Waals surface area contributed by atoms with E-state index in [2.05, 4.69) is 9.97 Å². The summed E-state index contributed by atoms with van der Waals surface area (Å²) in [6.07, 6.45) is 1.34. The molecule has 0 aliphatic heterocycles. The number of halogens is 1. The third-order valence-electron chi connectivity index (χ3n) is 1.17. The molecule has 1 rings (SSSR count). The molecule has 0 spiro atoms. The molecule has 0 bridgehead atoms. The van der Waals surface area contributed by atoms with Gasteiger partial charge in [-0.15, -0.1) is 0 Å². The van der Waals surface area contributed by atoms with Crippen LogP contribution < -0.4 is 10.3 Å². The molecule has 0 amide bonds. The molecule has 0 unspecified atom stereocenters. The van der Waals surface area contributed by atoms with Crippen molar-refractivity contribution in [3.8, 4) is 5.88 Å². The zero-order chi connectivity index (χ0) is 10.1. The smallest absolute Gasteiger partial charge is 0.268 e. The molecule has 0 fully saturated rings. The van der Waals surface area contributed by atoms with E-state index >= 15 is 0 Å². The summed E-state index contributed by atoms with van der Waals surface area (Å²) in [5.74, 6) is 0.386. The largest absolute Gasteiger partial charge is 0.471 e. The van der Waals surface area contributed by atoms with E-state index in [4.69, 9.17) is 4.74 Å². The van der Waals surface area contributed by atoms with Gasteiger partial charge in [0.15, 0.2) is 0 Å². The molecule has 1 N–H and O–H groups in total. The Morgan fingerprint density at radius 1 is 1.54 bits per heavy atom. The molecule has 0 aromatic carbocycles. The van der Waals surface area contributed by atoms with Crippen molar-refractivity contribution in [1.82, 2.24) is 9.97 Å². The van der Waals surface area contributed by atoms with E-state index in [-0.39, 0.29) is 11.2 Å². The van der Waals surface area contributed by atoms with Crippen molar-refractivity contribution >= 4 is 22.6 Å². The number of nitrogens with zero attached hydrogens (tertiary/aromatic N) is 1. The highest BCUT2D eigenvalue weighted by atomic mass is 127. The zero-order valence-electron chi connectivity index (χ0n) is 7.72. The highest BCUT2D eigenvalue weighted by Crippen LogP contribution is 2.17. The fourth-order valence-electron chi connectivity index (χ4n) is 0.728. The first-order valence-corrected chi connectivity index (χ1v) is 4.90. The van der Waals surface area contributed by atoms with Crippen LogP contribution in [0, 0.1) is 3.57 Å². The summed E-state index contributed by atoms with van der Waals surface area (Å²) in [5, 5.41) is 0. The van der Waals surface area contributed by atoms with Gasteiger partial charge < -0.3 is 9.72 Å². The number of ether oxygens (including phenoxy) is 1. The quantitative estimate of drug-likeness (QED) is 0.800. The lowest BCUT2D eigenvalue weighted by Gasteiger charge is -2.20. The van der Waals surface area contributed by atoms with Crippen molar-refractivity contribution in [3.05, 3.63) is 20.3 Å². The third-order valence-corrected chi connectivity index (χ3v) is 2.12. The topological polar surface area (TPSA) is 55.0 Å². The predicted molar refractivity (Wildman–Crippen MR) is 58.0 cm³/mol. The molecular weight excluding hydrogens is 283 g/mol. The first kappa shape index (κ1) is 10.5. The zero-order valence-corrected chi connectivity index (χ0v) is 9.88. The highest BCUT2D eigenvalue weighted by molar-refractivity contribution is 14.1. The molecular formula is C8H11IN2O2. The van der Waals surface area contributed by atoms with Crippen LogP contribution in [0.5, 0.6) is 5.88 Å². The van der Waals surface area contributed by atoms with E-state index in [1.165, 1.54) is 6.33 Å². The molecule has 0 aliphatic rings. The molecule has 0 atom stereocenters. The van der Waals surface area contributed by atoms with Crippen LogP contribution in [0.25, 0.3) is 0 Å². The SMILES string of the molecule is CC(C)(C)Oc1nc[nH]c(=O)c1I. The van der Waals surface area contributed by atoms with Gasteiger partial charge in [-0.05, 0) is 43.4 Å². The summed E-state index contributed by atoms with van der Waals surface area (Å²) in [6.45, 7) is 5.73. The van der Waals surface area contributed by atoms with Gasteiger partial charge in [-0.2, -0.15) is 0 Å². The number of rotatable bonds is 1. The van der Waals surface area contributed by atoms with Crippen molar-refractivity contribution in [2.75, 3.05) is 0 Å². The normalized spacial score (nSPS) is 11.4. The summed E-state index contributed by atoms with van der Waals surface area (Å²) in [4.78, 5) is 17.6. The van der Waals surface area contributed by atoms with Crippen LogP contribution >= 0.6 is 22.6 Å². The van der Waals surface area contributed by atoms with Crippen molar-refractivity contribution in [2.45, 2.75) is 26.4 Å². The Balaban J connectivity index is 3.03. The van der Waals surface area contributed by atoms with Crippen molar-refractivity contribution < 1.29 is 4.74 Å². The highest BCUT2D eigenvalue weighted by Gasteiger charge is 2.16. The number of aromatic nitrogens is 2. The van der Waals surface area contributed by atoms with E-state index in [0.717, 1.165) is 0 Å². The molecule has 0 saturated heterocycles. The summed E-state index contributed by atoms with van der Waals surface area (Å²) in [6, 6.07) is 0. The maximum absolute atomic E-state index is 11.1. The second-order valence-electron chi connectivity index (χ2n) is 3.57. The van der Waals surface area contributed by atoms with E-state index in [0.29, 0.717) is 9.45 Å². The Morgan fingerprint density at radius 2 is 2.15 bits per heavy atom. The van der Waals surface area contributed by atoms with Gasteiger partial charge in [0, 0.05) is 0 Å². The van der Waals surface area contributed by atoms with Gasteiger partial charge in [-0.25, -0.2) is 4.98 Å². The molecule has 1 aromatic heterocycles. The lowest BCUT2D eigenvalue weighted by Crippen LogP contribution is -2.26. The maximum Gasteiger partial charge on any atom is 0.268 e. The molecule has 0 aliphatic carbocycles. The average molecular weight is 294 g/mol. The molecule has 13 heavy (non-hydrogen) atoms. The summed E-state index contributed by atoms with van der Waals surface area (Å²) in [7, 11) is 0. The van der Waals surface area contributed by atoms with Gasteiger partial charge in [0.1, 0.15) is 9.17 Å². The van der Waals surface area contributed by atoms with Crippen LogP contribution in [0.4, 0.5) is 0 Å². The van der Waals surface area contributed by atoms with Gasteiger partial charge in [0.05, 0.1) is 6.33 Å². The Kier molecular flexibility index (Phi) is 2.94. The number of nitrogens with one attached hydrogen (secondary N) is 1. The Hall–Kier alpha value is -0.590. The maximum atomic E-state index is 11.1. The van der Waals surface area contributed by atoms with Crippen molar-refractivity contribution in [2.24, 2.45) is 0 Å². The van der Waals surface area contributed by atoms with Crippen LogP contribution in [0.2, 0.25) is 0 Å². The van der Waals surface area contributed by atoms with Gasteiger partial charge in [0.25, 0.3) is 5.56 Å². The fraction of sp³-hybridized carbons (Fsp3) is 0.500. The average Bonchev–Trinajstić information content (AvgIpc) is 1.96. The first-order valence-electron chi connectivity index (χ1n) is 3.82. The van der Waals surface area contributed by atoms with Crippen LogP contribution in [0.15, 0.2) is 11.1 Å². The second-order valence-corrected chi connectivity index (χ2v) is 4.64. The fourth-order valence-corrected chi connectivity index (χ4v) is 1.13. The Bertz CT molecular complexity index is 354. The lowest BCUT2D eigenvalue weighted by atomic mass is 10.2. The van der Waals surface area contributed by atoms with E-state index < -0.39 is 0 Å². The standard InChI is InChI=1S/C8H11IN2O2/c1-8(2,3)13-7-5(9)6(12)10-4-11-7/h4H,1-3H3,(H,10,11,12). The molecule has 0 radical (unpaired) electrons. The number of hydrogen-bond acceptors (Lipinski definition) is 3. The number of aromatic amines is 1. The van der Waals surface area contributed by atoms with Crippen LogP contribution in [-0.4, -0.2) is 15.6 Å². The number of hydrogen-bond donors (Lipinski definition) is 1. The monoisotopic (exact) mass is 294 g/mol. The third kappa shape index (κ3) is 2.98. The van der Waals surface area contributed by atoms with Crippen LogP contribution in [-0.2, 0) is 0 Å². The Labute approximate surface area is 89.9 Å². The van der Waals surface area contributed by atoms with Crippen LogP contribution in [0.3, 0.4) is 0 Å². The minimum Gasteiger partial charge on any atom is -0.471 e. The predicted octanol–water partition coefficient (Wildman–Crippen LogP) is 1.55. The summed E-state index contributed by atoms with van der Waals surface area (Å²) >= 11 is 1.91. The molecule has 4 nitrogen and oxygen atoms in total. The lowest BCUT2D eigenvalue weighted by molar-refractivity contribution is 0.122. The van der Waals surface area contributed by atoms with E-state index in [9.17, 15) is 4.79 Å². The van der Waals surface area contributed by atoms with Gasteiger partial charge >= 0.3 is 0 Å². The van der Waals surface area contributed by atoms with E-state index in [1.807, 2.05) is 43.4 Å². The molecule has 0 saturated carbocycles. The van der Waals surface area contributed by atoms with Gasteiger partial charge in [-0.3, -0.25) is 4.79 Å². The minimum atomic E-state index is -0.333. The summed E-state index contributed by atoms with van der Waals surface area (Å²) in [5.41, 5.74) is -0.504. The van der Waals surface area contributed by atoms with Crippen molar-refractivity contribution in [1.29, 1.82) is 0 Å². The van der Waals surface area contributed by atoms with Gasteiger partial charge in [0.2, 0.25) is 5.88 Å². The molecule has 1 heterocycles. The van der Waals surface area contributed by atoms with Crippen LogP contribution in [0.1, 0.15) is 20.8 Å². The Morgan fingerprint density at radius 3 is 2.69 bits per heavy atom. The summed E-state index contributed by atoms with van der Waals surface area (Å²) < 4.78 is 5.96. The molecule has 5 heteroatoms. The molecule has 72 valence electrons. The van der Waals surface area contributed by atoms with Gasteiger partial charge in [-0.1, -0.05) is 0 Å². The minimum absolute atomic E-state index is 0.171. The first-order chi connectivity index (χ1) is 5.90. The molecule has 1 aromatic rings. The van der Waals surface area contributed by atoms with Crippen molar-refractivity contribution in [3.63, 3.8) is 0 Å².